The summed E-state index contributed by atoms with van der Waals surface area (Å²) in [5, 5.41) is 0. The Balaban J connectivity index is 1.96. The molecule has 1 aromatic rings. The fourth-order valence-corrected chi connectivity index (χ4v) is 2.69. The summed E-state index contributed by atoms with van der Waals surface area (Å²) in [5.41, 5.74) is 8.98. The van der Waals surface area contributed by atoms with Crippen LogP contribution in [-0.2, 0) is 11.2 Å². The van der Waals surface area contributed by atoms with Crippen molar-refractivity contribution in [1.82, 2.24) is 0 Å². The summed E-state index contributed by atoms with van der Waals surface area (Å²) in [6.45, 7) is 7.54. The standard InChI is InChI=1S/C16H25NO/c1-11(2)14-6-4-13(5-7-14)10-15(17)16-12(3)8-9-18-16/h4-7,11-12,15-16H,8-10,17H2,1-3H3. The molecule has 0 bridgehead atoms. The monoisotopic (exact) mass is 247 g/mol. The van der Waals surface area contributed by atoms with Crippen molar-refractivity contribution >= 4 is 0 Å². The van der Waals surface area contributed by atoms with Gasteiger partial charge in [-0.3, -0.25) is 0 Å². The molecule has 0 saturated carbocycles. The van der Waals surface area contributed by atoms with Crippen LogP contribution in [0.5, 0.6) is 0 Å². The molecule has 2 rings (SSSR count). The molecule has 0 aromatic heterocycles. The lowest BCUT2D eigenvalue weighted by Gasteiger charge is -2.22. The molecule has 2 N–H and O–H groups in total. The highest BCUT2D eigenvalue weighted by atomic mass is 16.5. The minimum Gasteiger partial charge on any atom is -0.376 e. The van der Waals surface area contributed by atoms with Crippen molar-refractivity contribution in [2.45, 2.75) is 51.7 Å². The smallest absolute Gasteiger partial charge is 0.0755 e. The molecule has 3 unspecified atom stereocenters. The zero-order chi connectivity index (χ0) is 13.1. The third-order valence-electron chi connectivity index (χ3n) is 3.98. The fourth-order valence-electron chi connectivity index (χ4n) is 2.69. The van der Waals surface area contributed by atoms with E-state index in [1.54, 1.807) is 0 Å². The van der Waals surface area contributed by atoms with Crippen molar-refractivity contribution in [1.29, 1.82) is 0 Å². The van der Waals surface area contributed by atoms with Crippen LogP contribution < -0.4 is 5.73 Å². The second-order valence-electron chi connectivity index (χ2n) is 5.87. The molecule has 0 radical (unpaired) electrons. The number of hydrogen-bond donors (Lipinski definition) is 1. The van der Waals surface area contributed by atoms with Gasteiger partial charge in [0.05, 0.1) is 6.10 Å². The molecule has 1 heterocycles. The van der Waals surface area contributed by atoms with Gasteiger partial charge in [-0.05, 0) is 35.8 Å². The van der Waals surface area contributed by atoms with Crippen molar-refractivity contribution < 1.29 is 4.74 Å². The van der Waals surface area contributed by atoms with Crippen molar-refractivity contribution in [3.05, 3.63) is 35.4 Å². The van der Waals surface area contributed by atoms with Gasteiger partial charge in [0.25, 0.3) is 0 Å². The van der Waals surface area contributed by atoms with Gasteiger partial charge in [0.1, 0.15) is 0 Å². The molecule has 2 heteroatoms. The van der Waals surface area contributed by atoms with E-state index in [-0.39, 0.29) is 12.1 Å². The van der Waals surface area contributed by atoms with Gasteiger partial charge in [0.15, 0.2) is 0 Å². The molecule has 18 heavy (non-hydrogen) atoms. The van der Waals surface area contributed by atoms with Gasteiger partial charge in [-0.2, -0.15) is 0 Å². The zero-order valence-electron chi connectivity index (χ0n) is 11.7. The van der Waals surface area contributed by atoms with E-state index in [4.69, 9.17) is 10.5 Å². The molecule has 1 saturated heterocycles. The summed E-state index contributed by atoms with van der Waals surface area (Å²) < 4.78 is 5.74. The summed E-state index contributed by atoms with van der Waals surface area (Å²) in [6.07, 6.45) is 2.28. The highest BCUT2D eigenvalue weighted by Gasteiger charge is 2.29. The van der Waals surface area contributed by atoms with E-state index >= 15 is 0 Å². The van der Waals surface area contributed by atoms with Crippen LogP contribution in [0, 0.1) is 5.92 Å². The third-order valence-corrected chi connectivity index (χ3v) is 3.98. The van der Waals surface area contributed by atoms with Crippen molar-refractivity contribution in [2.75, 3.05) is 6.61 Å². The Morgan fingerprint density at radius 1 is 1.28 bits per heavy atom. The largest absolute Gasteiger partial charge is 0.376 e. The highest BCUT2D eigenvalue weighted by molar-refractivity contribution is 5.25. The lowest BCUT2D eigenvalue weighted by Crippen LogP contribution is -2.39. The summed E-state index contributed by atoms with van der Waals surface area (Å²) >= 11 is 0. The number of benzene rings is 1. The van der Waals surface area contributed by atoms with E-state index in [1.165, 1.54) is 11.1 Å². The van der Waals surface area contributed by atoms with Gasteiger partial charge >= 0.3 is 0 Å². The van der Waals surface area contributed by atoms with Crippen LogP contribution in [0.1, 0.15) is 44.2 Å². The molecule has 0 aliphatic carbocycles. The van der Waals surface area contributed by atoms with Crippen LogP contribution in [0.4, 0.5) is 0 Å². The van der Waals surface area contributed by atoms with E-state index in [9.17, 15) is 0 Å². The topological polar surface area (TPSA) is 35.2 Å². The molecular weight excluding hydrogens is 222 g/mol. The minimum atomic E-state index is 0.118. The maximum Gasteiger partial charge on any atom is 0.0755 e. The van der Waals surface area contributed by atoms with Gasteiger partial charge < -0.3 is 10.5 Å². The quantitative estimate of drug-likeness (QED) is 0.887. The maximum absolute atomic E-state index is 6.27. The summed E-state index contributed by atoms with van der Waals surface area (Å²) in [6, 6.07) is 8.95. The molecule has 100 valence electrons. The second kappa shape index (κ2) is 5.85. The summed E-state index contributed by atoms with van der Waals surface area (Å²) in [5.74, 6) is 1.18. The molecule has 1 aliphatic heterocycles. The Hall–Kier alpha value is -0.860. The first-order chi connectivity index (χ1) is 8.58. The van der Waals surface area contributed by atoms with Gasteiger partial charge in [0.2, 0.25) is 0 Å². The number of rotatable bonds is 4. The summed E-state index contributed by atoms with van der Waals surface area (Å²) in [4.78, 5) is 0. The van der Waals surface area contributed by atoms with Crippen LogP contribution in [0.3, 0.4) is 0 Å². The molecular formula is C16H25NO. The van der Waals surface area contributed by atoms with Crippen molar-refractivity contribution in [2.24, 2.45) is 11.7 Å². The molecule has 2 nitrogen and oxygen atoms in total. The Morgan fingerprint density at radius 2 is 1.94 bits per heavy atom. The van der Waals surface area contributed by atoms with Crippen LogP contribution in [-0.4, -0.2) is 18.8 Å². The zero-order valence-corrected chi connectivity index (χ0v) is 11.7. The van der Waals surface area contributed by atoms with Gasteiger partial charge in [-0.1, -0.05) is 45.0 Å². The van der Waals surface area contributed by atoms with Crippen LogP contribution in [0.2, 0.25) is 0 Å². The van der Waals surface area contributed by atoms with Gasteiger partial charge in [-0.15, -0.1) is 0 Å². The van der Waals surface area contributed by atoms with E-state index in [2.05, 4.69) is 45.0 Å². The first kappa shape index (κ1) is 13.6. The van der Waals surface area contributed by atoms with Crippen LogP contribution in [0.15, 0.2) is 24.3 Å². The van der Waals surface area contributed by atoms with E-state index < -0.39 is 0 Å². The normalized spacial score (nSPS) is 25.6. The number of ether oxygens (including phenoxy) is 1. The Morgan fingerprint density at radius 3 is 2.44 bits per heavy atom. The second-order valence-corrected chi connectivity index (χ2v) is 5.87. The van der Waals surface area contributed by atoms with Crippen LogP contribution in [0.25, 0.3) is 0 Å². The predicted molar refractivity (Wildman–Crippen MR) is 75.7 cm³/mol. The number of hydrogen-bond acceptors (Lipinski definition) is 2. The first-order valence-electron chi connectivity index (χ1n) is 7.04. The van der Waals surface area contributed by atoms with E-state index in [1.807, 2.05) is 0 Å². The van der Waals surface area contributed by atoms with Gasteiger partial charge in [-0.25, -0.2) is 0 Å². The summed E-state index contributed by atoms with van der Waals surface area (Å²) in [7, 11) is 0. The van der Waals surface area contributed by atoms with Crippen molar-refractivity contribution in [3.63, 3.8) is 0 Å². The SMILES string of the molecule is CC(C)c1ccc(CC(N)C2OCCC2C)cc1. The van der Waals surface area contributed by atoms with Gasteiger partial charge in [0, 0.05) is 12.6 Å². The average Bonchev–Trinajstić information content (AvgIpc) is 2.76. The van der Waals surface area contributed by atoms with E-state index in [0.29, 0.717) is 11.8 Å². The molecule has 0 spiro atoms. The van der Waals surface area contributed by atoms with Crippen molar-refractivity contribution in [3.8, 4) is 0 Å². The molecule has 1 aromatic carbocycles. The molecule has 1 aliphatic rings. The first-order valence-corrected chi connectivity index (χ1v) is 7.04. The molecule has 3 atom stereocenters. The van der Waals surface area contributed by atoms with E-state index in [0.717, 1.165) is 19.4 Å². The lowest BCUT2D eigenvalue weighted by atomic mass is 9.92. The third kappa shape index (κ3) is 3.12. The molecule has 0 amide bonds. The maximum atomic E-state index is 6.27. The number of nitrogens with two attached hydrogens (primary N) is 1. The minimum absolute atomic E-state index is 0.118. The predicted octanol–water partition coefficient (Wildman–Crippen LogP) is 3.10. The Kier molecular flexibility index (Phi) is 4.41. The fraction of sp³-hybridized carbons (Fsp3) is 0.625. The average molecular weight is 247 g/mol. The molecule has 1 fully saturated rings. The Labute approximate surface area is 111 Å². The Bertz CT molecular complexity index is 371. The highest BCUT2D eigenvalue weighted by Crippen LogP contribution is 2.24. The lowest BCUT2D eigenvalue weighted by molar-refractivity contribution is 0.0726. The van der Waals surface area contributed by atoms with Crippen LogP contribution >= 0.6 is 0 Å².